The standard InChI is InChI=1S/C18H13FN2.ClH/c19-14-4-6-16-15-5-3-12(8-13-2-1-7-20-11-13)9-17(15)21-18(16)10-14;/h1-7,9-11,21H,8H2;1H. The maximum Gasteiger partial charge on any atom is 0.125 e. The highest BCUT2D eigenvalue weighted by Gasteiger charge is 2.06. The molecule has 4 aromatic rings. The van der Waals surface area contributed by atoms with Crippen LogP contribution in [0.1, 0.15) is 11.1 Å². The summed E-state index contributed by atoms with van der Waals surface area (Å²) in [4.78, 5) is 7.43. The fraction of sp³-hybridized carbons (Fsp3) is 0.0556. The van der Waals surface area contributed by atoms with E-state index in [2.05, 4.69) is 34.2 Å². The average Bonchev–Trinajstić information content (AvgIpc) is 2.84. The number of halogens is 2. The van der Waals surface area contributed by atoms with Crippen LogP contribution in [0, 0.1) is 5.82 Å². The van der Waals surface area contributed by atoms with E-state index in [1.54, 1.807) is 6.20 Å². The highest BCUT2D eigenvalue weighted by molar-refractivity contribution is 6.07. The van der Waals surface area contributed by atoms with Crippen molar-refractivity contribution in [2.45, 2.75) is 6.42 Å². The van der Waals surface area contributed by atoms with E-state index in [1.165, 1.54) is 23.3 Å². The van der Waals surface area contributed by atoms with Crippen LogP contribution >= 0.6 is 12.4 Å². The molecule has 2 heterocycles. The number of aromatic amines is 1. The number of rotatable bonds is 2. The van der Waals surface area contributed by atoms with Crippen molar-refractivity contribution < 1.29 is 4.39 Å². The maximum atomic E-state index is 13.3. The van der Waals surface area contributed by atoms with Gasteiger partial charge in [-0.15, -0.1) is 12.4 Å². The van der Waals surface area contributed by atoms with E-state index in [0.717, 1.165) is 28.2 Å². The number of H-pyrrole nitrogens is 1. The zero-order valence-corrected chi connectivity index (χ0v) is 12.5. The smallest absolute Gasteiger partial charge is 0.125 e. The highest BCUT2D eigenvalue weighted by Crippen LogP contribution is 2.27. The first kappa shape index (κ1) is 14.5. The van der Waals surface area contributed by atoms with Crippen LogP contribution in [0.5, 0.6) is 0 Å². The Labute approximate surface area is 133 Å². The van der Waals surface area contributed by atoms with Crippen LogP contribution < -0.4 is 0 Å². The molecule has 0 aliphatic rings. The first-order chi connectivity index (χ1) is 10.3. The van der Waals surface area contributed by atoms with Gasteiger partial charge in [-0.1, -0.05) is 18.2 Å². The number of hydrogen-bond donors (Lipinski definition) is 1. The van der Waals surface area contributed by atoms with Gasteiger partial charge in [-0.05, 0) is 47.9 Å². The number of fused-ring (bicyclic) bond motifs is 3. The normalized spacial score (nSPS) is 10.8. The molecule has 110 valence electrons. The first-order valence-corrected chi connectivity index (χ1v) is 6.88. The SMILES string of the molecule is Cl.Fc1ccc2c(c1)[nH]c1cc(Cc3cccnc3)ccc12. The Balaban J connectivity index is 0.00000144. The summed E-state index contributed by atoms with van der Waals surface area (Å²) in [6.45, 7) is 0. The van der Waals surface area contributed by atoms with Crippen molar-refractivity contribution in [3.05, 3.63) is 77.9 Å². The van der Waals surface area contributed by atoms with Crippen molar-refractivity contribution >= 4 is 34.2 Å². The van der Waals surface area contributed by atoms with E-state index in [0.29, 0.717) is 0 Å². The first-order valence-electron chi connectivity index (χ1n) is 6.88. The molecule has 0 radical (unpaired) electrons. The largest absolute Gasteiger partial charge is 0.354 e. The topological polar surface area (TPSA) is 28.7 Å². The number of aromatic nitrogens is 2. The lowest BCUT2D eigenvalue weighted by molar-refractivity contribution is 0.629. The quantitative estimate of drug-likeness (QED) is 0.562. The Morgan fingerprint density at radius 2 is 1.68 bits per heavy atom. The molecule has 0 saturated carbocycles. The fourth-order valence-electron chi connectivity index (χ4n) is 2.78. The summed E-state index contributed by atoms with van der Waals surface area (Å²) in [7, 11) is 0. The summed E-state index contributed by atoms with van der Waals surface area (Å²) in [5.74, 6) is -0.218. The Hall–Kier alpha value is -2.39. The van der Waals surface area contributed by atoms with Crippen molar-refractivity contribution in [3.8, 4) is 0 Å². The third kappa shape index (κ3) is 2.55. The Kier molecular flexibility index (Phi) is 3.82. The molecular weight excluding hydrogens is 299 g/mol. The Morgan fingerprint density at radius 3 is 2.45 bits per heavy atom. The van der Waals surface area contributed by atoms with Gasteiger partial charge < -0.3 is 4.98 Å². The van der Waals surface area contributed by atoms with E-state index in [9.17, 15) is 4.39 Å². The second-order valence-corrected chi connectivity index (χ2v) is 5.23. The molecule has 4 rings (SSSR count). The number of hydrogen-bond acceptors (Lipinski definition) is 1. The van der Waals surface area contributed by atoms with Gasteiger partial charge >= 0.3 is 0 Å². The van der Waals surface area contributed by atoms with Gasteiger partial charge in [-0.25, -0.2) is 4.39 Å². The molecule has 2 aromatic carbocycles. The molecule has 0 aliphatic carbocycles. The lowest BCUT2D eigenvalue weighted by atomic mass is 10.0. The molecule has 0 fully saturated rings. The predicted molar refractivity (Wildman–Crippen MR) is 90.1 cm³/mol. The lowest BCUT2D eigenvalue weighted by Gasteiger charge is -2.01. The van der Waals surface area contributed by atoms with Crippen molar-refractivity contribution in [3.63, 3.8) is 0 Å². The molecular formula is C18H14ClFN2. The predicted octanol–water partition coefficient (Wildman–Crippen LogP) is 4.87. The molecule has 1 N–H and O–H groups in total. The van der Waals surface area contributed by atoms with Gasteiger partial charge in [0.05, 0.1) is 0 Å². The van der Waals surface area contributed by atoms with Gasteiger partial charge in [-0.3, -0.25) is 4.98 Å². The Bertz CT molecular complexity index is 932. The molecule has 0 atom stereocenters. The van der Waals surface area contributed by atoms with Crippen molar-refractivity contribution in [1.29, 1.82) is 0 Å². The second kappa shape index (κ2) is 5.78. The van der Waals surface area contributed by atoms with Crippen LogP contribution in [0.4, 0.5) is 4.39 Å². The summed E-state index contributed by atoms with van der Waals surface area (Å²) < 4.78 is 13.3. The van der Waals surface area contributed by atoms with E-state index < -0.39 is 0 Å². The van der Waals surface area contributed by atoms with Gasteiger partial charge in [0.15, 0.2) is 0 Å². The second-order valence-electron chi connectivity index (χ2n) is 5.23. The Morgan fingerprint density at radius 1 is 0.909 bits per heavy atom. The molecule has 0 aliphatic heterocycles. The minimum atomic E-state index is -0.218. The van der Waals surface area contributed by atoms with Gasteiger partial charge in [0, 0.05) is 34.2 Å². The monoisotopic (exact) mass is 312 g/mol. The van der Waals surface area contributed by atoms with Gasteiger partial charge in [0.1, 0.15) is 5.82 Å². The van der Waals surface area contributed by atoms with Crippen molar-refractivity contribution in [1.82, 2.24) is 9.97 Å². The summed E-state index contributed by atoms with van der Waals surface area (Å²) in [5, 5.41) is 2.18. The molecule has 0 amide bonds. The maximum absolute atomic E-state index is 13.3. The molecule has 4 heteroatoms. The molecule has 0 spiro atoms. The summed E-state index contributed by atoms with van der Waals surface area (Å²) in [6.07, 6.45) is 4.50. The average molecular weight is 313 g/mol. The highest BCUT2D eigenvalue weighted by atomic mass is 35.5. The number of nitrogens with zero attached hydrogens (tertiary/aromatic N) is 1. The third-order valence-electron chi connectivity index (χ3n) is 3.76. The lowest BCUT2D eigenvalue weighted by Crippen LogP contribution is -1.88. The minimum Gasteiger partial charge on any atom is -0.354 e. The van der Waals surface area contributed by atoms with Crippen LogP contribution in [0.25, 0.3) is 21.8 Å². The minimum absolute atomic E-state index is 0. The van der Waals surface area contributed by atoms with Crippen LogP contribution in [0.2, 0.25) is 0 Å². The fourth-order valence-corrected chi connectivity index (χ4v) is 2.78. The zero-order valence-electron chi connectivity index (χ0n) is 11.7. The number of nitrogens with one attached hydrogen (secondary N) is 1. The molecule has 2 aromatic heterocycles. The van der Waals surface area contributed by atoms with Gasteiger partial charge in [0.25, 0.3) is 0 Å². The number of benzene rings is 2. The van der Waals surface area contributed by atoms with Crippen LogP contribution in [-0.4, -0.2) is 9.97 Å². The van der Waals surface area contributed by atoms with Crippen molar-refractivity contribution in [2.75, 3.05) is 0 Å². The number of pyridine rings is 1. The van der Waals surface area contributed by atoms with Crippen molar-refractivity contribution in [2.24, 2.45) is 0 Å². The van der Waals surface area contributed by atoms with Crippen LogP contribution in [-0.2, 0) is 6.42 Å². The summed E-state index contributed by atoms with van der Waals surface area (Å²) in [6, 6.07) is 15.2. The van der Waals surface area contributed by atoms with Crippen LogP contribution in [0.3, 0.4) is 0 Å². The molecule has 0 saturated heterocycles. The van der Waals surface area contributed by atoms with E-state index in [-0.39, 0.29) is 18.2 Å². The zero-order chi connectivity index (χ0) is 14.2. The molecule has 2 nitrogen and oxygen atoms in total. The van der Waals surface area contributed by atoms with E-state index >= 15 is 0 Å². The molecule has 0 unspecified atom stereocenters. The van der Waals surface area contributed by atoms with Gasteiger partial charge in [0.2, 0.25) is 0 Å². The molecule has 0 bridgehead atoms. The summed E-state index contributed by atoms with van der Waals surface area (Å²) in [5.41, 5.74) is 4.27. The summed E-state index contributed by atoms with van der Waals surface area (Å²) >= 11 is 0. The van der Waals surface area contributed by atoms with Gasteiger partial charge in [-0.2, -0.15) is 0 Å². The van der Waals surface area contributed by atoms with E-state index in [4.69, 9.17) is 0 Å². The van der Waals surface area contributed by atoms with E-state index in [1.807, 2.05) is 18.3 Å². The van der Waals surface area contributed by atoms with Crippen LogP contribution in [0.15, 0.2) is 60.9 Å². The molecule has 22 heavy (non-hydrogen) atoms. The third-order valence-corrected chi connectivity index (χ3v) is 3.76.